The Morgan fingerprint density at radius 1 is 1.50 bits per heavy atom. The number of ether oxygens (including phenoxy) is 1. The minimum Gasteiger partial charge on any atom is -0.496 e. The van der Waals surface area contributed by atoms with E-state index in [1.165, 1.54) is 0 Å². The number of ketones is 1. The molecule has 2 nitrogen and oxygen atoms in total. The monoisotopic (exact) mass is 236 g/mol. The van der Waals surface area contributed by atoms with Crippen molar-refractivity contribution in [2.24, 2.45) is 0 Å². The fourth-order valence-electron chi connectivity index (χ4n) is 2.13. The first-order chi connectivity index (χ1) is 7.63. The lowest BCUT2D eigenvalue weighted by Gasteiger charge is -2.15. The molecule has 16 heavy (non-hydrogen) atoms. The van der Waals surface area contributed by atoms with Gasteiger partial charge in [0.2, 0.25) is 0 Å². The van der Waals surface area contributed by atoms with Crippen LogP contribution in [0.3, 0.4) is 0 Å². The van der Waals surface area contributed by atoms with E-state index in [1.807, 2.05) is 12.1 Å². The zero-order valence-electron chi connectivity index (χ0n) is 9.13. The highest BCUT2D eigenvalue weighted by atomic mass is 35.5. The van der Waals surface area contributed by atoms with Crippen molar-refractivity contribution < 1.29 is 9.53 Å². The highest BCUT2D eigenvalue weighted by molar-refractivity contribution is 6.30. The molecule has 0 heterocycles. The van der Waals surface area contributed by atoms with Crippen LogP contribution in [-0.2, 0) is 4.79 Å². The second-order valence-corrected chi connectivity index (χ2v) is 4.36. The second-order valence-electron chi connectivity index (χ2n) is 3.93. The summed E-state index contributed by atoms with van der Waals surface area (Å²) in [5, 5.41) is 0.656. The van der Waals surface area contributed by atoms with Crippen LogP contribution in [0.5, 0.6) is 5.75 Å². The molecule has 0 bridgehead atoms. The molecular weight excluding hydrogens is 224 g/mol. The molecule has 84 valence electrons. The fraction of sp³-hybridized carbons (Fsp3) is 0.308. The van der Waals surface area contributed by atoms with Gasteiger partial charge in [0.05, 0.1) is 7.11 Å². The summed E-state index contributed by atoms with van der Waals surface area (Å²) < 4.78 is 5.29. The Labute approximate surface area is 99.9 Å². The van der Waals surface area contributed by atoms with Crippen LogP contribution in [0.25, 0.3) is 0 Å². The number of rotatable bonds is 2. The number of allylic oxidation sites excluding steroid dienone is 1. The van der Waals surface area contributed by atoms with Gasteiger partial charge >= 0.3 is 0 Å². The average molecular weight is 237 g/mol. The SMILES string of the molecule is C=C1C(=O)CCC1c1cc(Cl)ccc1OC. The molecule has 1 aromatic rings. The van der Waals surface area contributed by atoms with E-state index in [0.717, 1.165) is 17.7 Å². The first kappa shape index (κ1) is 11.2. The maximum atomic E-state index is 11.5. The summed E-state index contributed by atoms with van der Waals surface area (Å²) >= 11 is 5.97. The largest absolute Gasteiger partial charge is 0.496 e. The molecule has 1 saturated carbocycles. The second kappa shape index (κ2) is 4.30. The standard InChI is InChI=1S/C13H13ClO2/c1-8-10(4-5-12(8)15)11-7-9(14)3-6-13(11)16-2/h3,6-7,10H,1,4-5H2,2H3. The van der Waals surface area contributed by atoms with Crippen LogP contribution in [-0.4, -0.2) is 12.9 Å². The Bertz CT molecular complexity index is 451. The molecule has 0 N–H and O–H groups in total. The molecule has 1 atom stereocenters. The van der Waals surface area contributed by atoms with Gasteiger partial charge in [-0.05, 0) is 30.2 Å². The average Bonchev–Trinajstić information content (AvgIpc) is 2.60. The third-order valence-electron chi connectivity index (χ3n) is 3.01. The van der Waals surface area contributed by atoms with Crippen LogP contribution in [0, 0.1) is 0 Å². The zero-order valence-corrected chi connectivity index (χ0v) is 9.88. The summed E-state index contributed by atoms with van der Waals surface area (Å²) in [5.41, 5.74) is 1.63. The molecule has 1 unspecified atom stereocenters. The number of Topliss-reactive ketones (excluding diaryl/α,β-unsaturated/α-hetero) is 1. The molecule has 0 aromatic heterocycles. The van der Waals surface area contributed by atoms with Crippen LogP contribution in [0.1, 0.15) is 24.3 Å². The molecule has 1 aromatic carbocycles. The molecule has 1 fully saturated rings. The van der Waals surface area contributed by atoms with Gasteiger partial charge in [-0.3, -0.25) is 4.79 Å². The Balaban J connectivity index is 2.43. The first-order valence-electron chi connectivity index (χ1n) is 5.19. The predicted octanol–water partition coefficient (Wildman–Crippen LogP) is 3.35. The van der Waals surface area contributed by atoms with Crippen LogP contribution in [0.15, 0.2) is 30.4 Å². The predicted molar refractivity (Wildman–Crippen MR) is 64.1 cm³/mol. The molecule has 1 aliphatic carbocycles. The first-order valence-corrected chi connectivity index (χ1v) is 5.56. The lowest BCUT2D eigenvalue weighted by molar-refractivity contribution is -0.114. The van der Waals surface area contributed by atoms with Crippen LogP contribution >= 0.6 is 11.6 Å². The minimum absolute atomic E-state index is 0.0566. The molecule has 0 aliphatic heterocycles. The van der Waals surface area contributed by atoms with E-state index in [0.29, 0.717) is 17.0 Å². The molecule has 0 radical (unpaired) electrons. The fourth-order valence-corrected chi connectivity index (χ4v) is 2.31. The van der Waals surface area contributed by atoms with E-state index < -0.39 is 0 Å². The van der Waals surface area contributed by atoms with E-state index >= 15 is 0 Å². The quantitative estimate of drug-likeness (QED) is 0.736. The number of methoxy groups -OCH3 is 1. The number of hydrogen-bond donors (Lipinski definition) is 0. The van der Waals surface area contributed by atoms with Crippen molar-refractivity contribution in [2.45, 2.75) is 18.8 Å². The van der Waals surface area contributed by atoms with Crippen molar-refractivity contribution in [2.75, 3.05) is 7.11 Å². The Morgan fingerprint density at radius 3 is 2.81 bits per heavy atom. The molecular formula is C13H13ClO2. The number of halogens is 1. The molecule has 1 aliphatic rings. The van der Waals surface area contributed by atoms with Gasteiger partial charge in [0, 0.05) is 22.9 Å². The highest BCUT2D eigenvalue weighted by Gasteiger charge is 2.30. The molecule has 0 saturated heterocycles. The third-order valence-corrected chi connectivity index (χ3v) is 3.24. The van der Waals surface area contributed by atoms with Gasteiger partial charge in [-0.1, -0.05) is 18.2 Å². The number of benzene rings is 1. The smallest absolute Gasteiger partial charge is 0.158 e. The summed E-state index contributed by atoms with van der Waals surface area (Å²) in [6.07, 6.45) is 1.37. The third kappa shape index (κ3) is 1.85. The molecule has 0 spiro atoms. The normalized spacial score (nSPS) is 20.2. The number of carbonyl (C=O) groups excluding carboxylic acids is 1. The van der Waals surface area contributed by atoms with E-state index in [4.69, 9.17) is 16.3 Å². The maximum absolute atomic E-state index is 11.5. The zero-order chi connectivity index (χ0) is 11.7. The summed E-state index contributed by atoms with van der Waals surface area (Å²) in [4.78, 5) is 11.5. The van der Waals surface area contributed by atoms with Gasteiger partial charge in [-0.2, -0.15) is 0 Å². The summed E-state index contributed by atoms with van der Waals surface area (Å²) in [7, 11) is 1.62. The van der Waals surface area contributed by atoms with Crippen molar-refractivity contribution in [3.05, 3.63) is 40.9 Å². The lowest BCUT2D eigenvalue weighted by atomic mass is 9.93. The number of hydrogen-bond acceptors (Lipinski definition) is 2. The van der Waals surface area contributed by atoms with E-state index in [9.17, 15) is 4.79 Å². The van der Waals surface area contributed by atoms with Crippen molar-refractivity contribution in [1.82, 2.24) is 0 Å². The Kier molecular flexibility index (Phi) is 3.01. The van der Waals surface area contributed by atoms with Gasteiger partial charge in [-0.15, -0.1) is 0 Å². The van der Waals surface area contributed by atoms with Crippen molar-refractivity contribution >= 4 is 17.4 Å². The van der Waals surface area contributed by atoms with E-state index in [-0.39, 0.29) is 11.7 Å². The lowest BCUT2D eigenvalue weighted by Crippen LogP contribution is -2.01. The topological polar surface area (TPSA) is 26.3 Å². The van der Waals surface area contributed by atoms with Crippen molar-refractivity contribution in [3.8, 4) is 5.75 Å². The maximum Gasteiger partial charge on any atom is 0.158 e. The van der Waals surface area contributed by atoms with Crippen molar-refractivity contribution in [1.29, 1.82) is 0 Å². The Hall–Kier alpha value is -1.28. The van der Waals surface area contributed by atoms with Crippen molar-refractivity contribution in [3.63, 3.8) is 0 Å². The van der Waals surface area contributed by atoms with Crippen LogP contribution < -0.4 is 4.74 Å². The van der Waals surface area contributed by atoms with Gasteiger partial charge in [0.25, 0.3) is 0 Å². The van der Waals surface area contributed by atoms with Gasteiger partial charge in [0.1, 0.15) is 5.75 Å². The van der Waals surface area contributed by atoms with Crippen LogP contribution in [0.2, 0.25) is 5.02 Å². The van der Waals surface area contributed by atoms with Gasteiger partial charge < -0.3 is 4.74 Å². The molecule has 3 heteroatoms. The van der Waals surface area contributed by atoms with E-state index in [2.05, 4.69) is 6.58 Å². The molecule has 2 rings (SSSR count). The van der Waals surface area contributed by atoms with Gasteiger partial charge in [-0.25, -0.2) is 0 Å². The summed E-state index contributed by atoms with van der Waals surface area (Å²) in [5.74, 6) is 0.971. The minimum atomic E-state index is 0.0566. The molecule has 0 amide bonds. The van der Waals surface area contributed by atoms with E-state index in [1.54, 1.807) is 13.2 Å². The number of carbonyl (C=O) groups is 1. The highest BCUT2D eigenvalue weighted by Crippen LogP contribution is 2.40. The summed E-state index contributed by atoms with van der Waals surface area (Å²) in [6.45, 7) is 3.85. The summed E-state index contributed by atoms with van der Waals surface area (Å²) in [6, 6.07) is 5.46. The Morgan fingerprint density at radius 2 is 2.25 bits per heavy atom. The van der Waals surface area contributed by atoms with Gasteiger partial charge in [0.15, 0.2) is 5.78 Å². The van der Waals surface area contributed by atoms with Crippen LogP contribution in [0.4, 0.5) is 0 Å².